The van der Waals surface area contributed by atoms with Crippen LogP contribution in [-0.4, -0.2) is 74.6 Å². The minimum Gasteiger partial charge on any atom is -0.507 e. The highest BCUT2D eigenvalue weighted by molar-refractivity contribution is 6.30. The van der Waals surface area contributed by atoms with E-state index in [9.17, 15) is 48.9 Å². The van der Waals surface area contributed by atoms with Crippen molar-refractivity contribution in [3.05, 3.63) is 70.0 Å². The number of ketones is 4. The third-order valence-electron chi connectivity index (χ3n) is 8.72. The first-order valence-electron chi connectivity index (χ1n) is 15.6. The van der Waals surface area contributed by atoms with Gasteiger partial charge in [0.2, 0.25) is 11.6 Å². The Labute approximate surface area is 283 Å². The summed E-state index contributed by atoms with van der Waals surface area (Å²) in [6.07, 6.45) is 6.60. The monoisotopic (exact) mass is 679 g/mol. The van der Waals surface area contributed by atoms with Gasteiger partial charge in [-0.1, -0.05) is 52.0 Å². The predicted octanol–water partition coefficient (Wildman–Crippen LogP) is 3.03. The molecule has 49 heavy (non-hydrogen) atoms. The van der Waals surface area contributed by atoms with E-state index >= 15 is 0 Å². The zero-order chi connectivity index (χ0) is 37.1. The molecule has 1 aromatic rings. The number of amides is 1. The molecule has 13 heteroatoms. The summed E-state index contributed by atoms with van der Waals surface area (Å²) >= 11 is 0. The number of hydrogen-bond acceptors (Lipinski definition) is 12. The summed E-state index contributed by atoms with van der Waals surface area (Å²) in [7, 11) is 0. The van der Waals surface area contributed by atoms with Crippen LogP contribution in [0.5, 0.6) is 11.5 Å². The molecule has 7 atom stereocenters. The molecule has 1 heterocycles. The highest BCUT2D eigenvalue weighted by Crippen LogP contribution is 2.46. The van der Waals surface area contributed by atoms with Crippen LogP contribution in [-0.2, 0) is 23.9 Å². The average Bonchev–Trinajstić information content (AvgIpc) is 3.28. The molecule has 262 valence electrons. The number of benzene rings is 1. The minimum atomic E-state index is -2.30. The Morgan fingerprint density at radius 2 is 1.57 bits per heavy atom. The molecule has 1 aromatic carbocycles. The van der Waals surface area contributed by atoms with Crippen LogP contribution < -0.4 is 10.1 Å². The maximum absolute atomic E-state index is 13.3. The number of phenols is 1. The SMILES string of the molecule is CC(=O)OC(C(C)/C=C/C=O)C(C)C(=O)C(C)C(O)C(C)/C=C/C=C(\C)C(=O)NC1=CC(=O)c2c(c(O)c(C)c3c2C(=O)C(C)(O)O3)C1=O. The van der Waals surface area contributed by atoms with E-state index in [0.717, 1.165) is 13.0 Å². The minimum absolute atomic E-state index is 0.0397. The second kappa shape index (κ2) is 15.0. The van der Waals surface area contributed by atoms with Gasteiger partial charge in [0.05, 0.1) is 34.4 Å². The van der Waals surface area contributed by atoms with Crippen LogP contribution >= 0.6 is 0 Å². The molecule has 0 saturated heterocycles. The van der Waals surface area contributed by atoms with Crippen LogP contribution in [0.15, 0.2) is 47.7 Å². The van der Waals surface area contributed by atoms with Crippen LogP contribution in [0.1, 0.15) is 85.1 Å². The van der Waals surface area contributed by atoms with Gasteiger partial charge >= 0.3 is 5.97 Å². The fourth-order valence-electron chi connectivity index (χ4n) is 5.80. The van der Waals surface area contributed by atoms with Gasteiger partial charge in [-0.05, 0) is 19.9 Å². The zero-order valence-corrected chi connectivity index (χ0v) is 28.5. The molecular formula is C36H41NO12. The predicted molar refractivity (Wildman–Crippen MR) is 175 cm³/mol. The van der Waals surface area contributed by atoms with Gasteiger partial charge in [-0.15, -0.1) is 0 Å². The van der Waals surface area contributed by atoms with Crippen molar-refractivity contribution in [2.45, 2.75) is 73.4 Å². The van der Waals surface area contributed by atoms with E-state index in [-0.39, 0.29) is 28.2 Å². The molecule has 4 N–H and O–H groups in total. The Kier molecular flexibility index (Phi) is 11.8. The first kappa shape index (κ1) is 38.4. The van der Waals surface area contributed by atoms with Crippen molar-refractivity contribution in [3.8, 4) is 11.5 Å². The van der Waals surface area contributed by atoms with Gasteiger partial charge in [0.1, 0.15) is 29.7 Å². The van der Waals surface area contributed by atoms with Gasteiger partial charge in [0.25, 0.3) is 11.7 Å². The summed E-state index contributed by atoms with van der Waals surface area (Å²) in [6, 6.07) is 0. The van der Waals surface area contributed by atoms with Crippen LogP contribution in [0.25, 0.3) is 0 Å². The number of aldehydes is 1. The summed E-state index contributed by atoms with van der Waals surface area (Å²) < 4.78 is 10.6. The number of aliphatic hydroxyl groups excluding tert-OH is 1. The van der Waals surface area contributed by atoms with Crippen LogP contribution in [0.4, 0.5) is 0 Å². The Hall–Kier alpha value is -5.01. The van der Waals surface area contributed by atoms with E-state index in [1.807, 2.05) is 0 Å². The first-order valence-corrected chi connectivity index (χ1v) is 15.6. The average molecular weight is 680 g/mol. The van der Waals surface area contributed by atoms with Gasteiger partial charge < -0.3 is 30.1 Å². The normalized spacial score (nSPS) is 21.2. The van der Waals surface area contributed by atoms with Crippen molar-refractivity contribution in [2.75, 3.05) is 0 Å². The Balaban J connectivity index is 1.72. The van der Waals surface area contributed by atoms with Crippen LogP contribution in [0, 0.1) is 30.6 Å². The van der Waals surface area contributed by atoms with Gasteiger partial charge in [-0.25, -0.2) is 0 Å². The van der Waals surface area contributed by atoms with Crippen LogP contribution in [0.2, 0.25) is 0 Å². The van der Waals surface area contributed by atoms with Crippen molar-refractivity contribution in [1.29, 1.82) is 0 Å². The molecular weight excluding hydrogens is 638 g/mol. The number of allylic oxidation sites excluding steroid dienone is 5. The lowest BCUT2D eigenvalue weighted by molar-refractivity contribution is -0.154. The summed E-state index contributed by atoms with van der Waals surface area (Å²) in [5.41, 5.74) is -1.65. The van der Waals surface area contributed by atoms with E-state index < -0.39 is 93.5 Å². The molecule has 0 spiro atoms. The van der Waals surface area contributed by atoms with Gasteiger partial charge in [0.15, 0.2) is 5.78 Å². The Morgan fingerprint density at radius 3 is 2.16 bits per heavy atom. The summed E-state index contributed by atoms with van der Waals surface area (Å²) in [5, 5.41) is 34.4. The zero-order valence-electron chi connectivity index (χ0n) is 28.5. The lowest BCUT2D eigenvalue weighted by Gasteiger charge is -2.30. The van der Waals surface area contributed by atoms with E-state index in [1.54, 1.807) is 33.8 Å². The molecule has 0 aromatic heterocycles. The van der Waals surface area contributed by atoms with Gasteiger partial charge in [0, 0.05) is 48.8 Å². The second-order valence-corrected chi connectivity index (χ2v) is 12.6. The van der Waals surface area contributed by atoms with E-state index in [4.69, 9.17) is 9.47 Å². The molecule has 3 rings (SSSR count). The van der Waals surface area contributed by atoms with Crippen molar-refractivity contribution in [1.82, 2.24) is 5.32 Å². The quantitative estimate of drug-likeness (QED) is 0.103. The van der Waals surface area contributed by atoms with Crippen molar-refractivity contribution < 1.29 is 58.4 Å². The van der Waals surface area contributed by atoms with Gasteiger partial charge in [-0.3, -0.25) is 33.6 Å². The molecule has 1 aliphatic heterocycles. The number of rotatable bonds is 13. The van der Waals surface area contributed by atoms with Crippen molar-refractivity contribution in [3.63, 3.8) is 0 Å². The fourth-order valence-corrected chi connectivity index (χ4v) is 5.80. The van der Waals surface area contributed by atoms with E-state index in [2.05, 4.69) is 5.32 Å². The topological polar surface area (TPSA) is 211 Å². The highest BCUT2D eigenvalue weighted by atomic mass is 16.6. The second-order valence-electron chi connectivity index (χ2n) is 12.6. The van der Waals surface area contributed by atoms with E-state index in [0.29, 0.717) is 6.29 Å². The molecule has 1 amide bonds. The molecule has 2 aliphatic rings. The molecule has 0 fully saturated rings. The third kappa shape index (κ3) is 7.84. The number of esters is 1. The molecule has 7 unspecified atom stereocenters. The largest absolute Gasteiger partial charge is 0.507 e. The number of hydrogen-bond donors (Lipinski definition) is 4. The molecule has 0 bridgehead atoms. The maximum Gasteiger partial charge on any atom is 0.302 e. The summed E-state index contributed by atoms with van der Waals surface area (Å²) in [6.45, 7) is 11.6. The number of nitrogens with one attached hydrogen (secondary N) is 1. The lowest BCUT2D eigenvalue weighted by Crippen LogP contribution is -2.41. The standard InChI is InChI=1S/C36H41NO12/c1-16(28(41)19(4)29(42)20(5)32(48-22(7)39)17(2)13-10-14-38)11-9-12-18(3)35(46)37-23-15-24(40)25-26(31(23)44)30(43)21(6)33-27(25)34(45)36(8,47)49-33/h9-17,19-20,28,32,41,43,47H,1-8H3,(H,37,46)/b11-9+,13-10+,18-12+. The molecule has 0 radical (unpaired) electrons. The molecule has 13 nitrogen and oxygen atoms in total. The number of carbonyl (C=O) groups is 7. The highest BCUT2D eigenvalue weighted by Gasteiger charge is 2.49. The summed E-state index contributed by atoms with van der Waals surface area (Å²) in [4.78, 5) is 87.9. The number of Topliss-reactive ketones (excluding diaryl/α,β-unsaturated/α-hetero) is 3. The molecule has 1 aliphatic carbocycles. The lowest BCUT2D eigenvalue weighted by atomic mass is 9.80. The van der Waals surface area contributed by atoms with Crippen molar-refractivity contribution in [2.24, 2.45) is 23.7 Å². The number of phenolic OH excluding ortho intramolecular Hbond substituents is 1. The number of aliphatic hydroxyl groups is 2. The number of carbonyl (C=O) groups excluding carboxylic acids is 7. The van der Waals surface area contributed by atoms with Gasteiger partial charge in [-0.2, -0.15) is 0 Å². The molecule has 0 saturated carbocycles. The Bertz CT molecular complexity index is 1730. The smallest absolute Gasteiger partial charge is 0.302 e. The fraction of sp³-hybridized carbons (Fsp3) is 0.417. The summed E-state index contributed by atoms with van der Waals surface area (Å²) in [5.74, 6) is -10.3. The third-order valence-corrected chi connectivity index (χ3v) is 8.72. The number of ether oxygens (including phenoxy) is 2. The number of aromatic hydroxyl groups is 1. The maximum atomic E-state index is 13.3. The number of fused-ring (bicyclic) bond motifs is 3. The Morgan fingerprint density at radius 1 is 0.959 bits per heavy atom. The first-order chi connectivity index (χ1) is 22.8. The van der Waals surface area contributed by atoms with E-state index in [1.165, 1.54) is 45.1 Å². The van der Waals surface area contributed by atoms with Crippen LogP contribution in [0.3, 0.4) is 0 Å². The van der Waals surface area contributed by atoms with Crippen molar-refractivity contribution >= 4 is 41.3 Å².